The van der Waals surface area contributed by atoms with Gasteiger partial charge >= 0.3 is 6.09 Å². The predicted octanol–water partition coefficient (Wildman–Crippen LogP) is 3.45. The zero-order valence-electron chi connectivity index (χ0n) is 23.3. The number of rotatable bonds is 12. The molecule has 2 N–H and O–H groups in total. The first-order valence-electron chi connectivity index (χ1n) is 13.7. The van der Waals surface area contributed by atoms with Crippen LogP contribution in [0.2, 0.25) is 0 Å². The van der Waals surface area contributed by atoms with Gasteiger partial charge in [0.15, 0.2) is 6.29 Å². The van der Waals surface area contributed by atoms with Crippen LogP contribution in [-0.4, -0.2) is 91.8 Å². The SMILES string of the molecule is COc1ccc(S(=O)(=O)N(CC(C)C)C[C@H](O)[C@H](Cc2ccccc2)N(C(=O)O)[C@@H]2CCO[C@H]3OCC[C@H]32)cc1. The van der Waals surface area contributed by atoms with Crippen LogP contribution in [0.1, 0.15) is 32.3 Å². The molecule has 2 heterocycles. The Morgan fingerprint density at radius 3 is 2.27 bits per heavy atom. The molecule has 0 spiro atoms. The summed E-state index contributed by atoms with van der Waals surface area (Å²) < 4.78 is 45.4. The van der Waals surface area contributed by atoms with Crippen molar-refractivity contribution in [1.82, 2.24) is 9.21 Å². The molecule has 40 heavy (non-hydrogen) atoms. The van der Waals surface area contributed by atoms with Gasteiger partial charge < -0.3 is 24.4 Å². The van der Waals surface area contributed by atoms with Gasteiger partial charge in [-0.15, -0.1) is 0 Å². The van der Waals surface area contributed by atoms with Gasteiger partial charge in [0.25, 0.3) is 0 Å². The van der Waals surface area contributed by atoms with Crippen LogP contribution in [0.15, 0.2) is 59.5 Å². The Balaban J connectivity index is 1.68. The van der Waals surface area contributed by atoms with Gasteiger partial charge in [-0.25, -0.2) is 13.2 Å². The normalized spacial score (nSPS) is 22.6. The Morgan fingerprint density at radius 2 is 1.68 bits per heavy atom. The van der Waals surface area contributed by atoms with Gasteiger partial charge in [0, 0.05) is 25.0 Å². The second kappa shape index (κ2) is 13.3. The number of fused-ring (bicyclic) bond motifs is 1. The molecule has 220 valence electrons. The number of aliphatic hydroxyl groups excluding tert-OH is 1. The zero-order chi connectivity index (χ0) is 28.9. The molecule has 0 saturated carbocycles. The van der Waals surface area contributed by atoms with Crippen molar-refractivity contribution < 1.29 is 37.6 Å². The summed E-state index contributed by atoms with van der Waals surface area (Å²) in [5.41, 5.74) is 0.845. The lowest BCUT2D eigenvalue weighted by atomic mass is 9.88. The van der Waals surface area contributed by atoms with Crippen LogP contribution in [0.5, 0.6) is 5.75 Å². The van der Waals surface area contributed by atoms with Crippen molar-refractivity contribution in [3.63, 3.8) is 0 Å². The minimum Gasteiger partial charge on any atom is -0.497 e. The summed E-state index contributed by atoms with van der Waals surface area (Å²) in [6, 6.07) is 14.1. The van der Waals surface area contributed by atoms with E-state index in [2.05, 4.69) is 0 Å². The third kappa shape index (κ3) is 6.95. The quantitative estimate of drug-likeness (QED) is 0.394. The molecule has 10 nitrogen and oxygen atoms in total. The van der Waals surface area contributed by atoms with Gasteiger partial charge in [-0.3, -0.25) is 4.90 Å². The smallest absolute Gasteiger partial charge is 0.407 e. The van der Waals surface area contributed by atoms with Gasteiger partial charge in [-0.05, 0) is 55.0 Å². The third-order valence-electron chi connectivity index (χ3n) is 7.60. The van der Waals surface area contributed by atoms with E-state index in [1.807, 2.05) is 44.2 Å². The lowest BCUT2D eigenvalue weighted by Gasteiger charge is -2.44. The number of amides is 1. The first-order valence-corrected chi connectivity index (χ1v) is 15.2. The van der Waals surface area contributed by atoms with Crippen LogP contribution in [0.3, 0.4) is 0 Å². The summed E-state index contributed by atoms with van der Waals surface area (Å²) in [6.45, 7) is 4.52. The number of nitrogens with zero attached hydrogens (tertiary/aromatic N) is 2. The average molecular weight is 577 g/mol. The number of hydrogen-bond acceptors (Lipinski definition) is 7. The van der Waals surface area contributed by atoms with Gasteiger partial charge in [-0.1, -0.05) is 44.2 Å². The highest BCUT2D eigenvalue weighted by Crippen LogP contribution is 2.36. The average Bonchev–Trinajstić information content (AvgIpc) is 3.42. The number of carbonyl (C=O) groups is 1. The minimum absolute atomic E-state index is 0.0322. The van der Waals surface area contributed by atoms with Crippen LogP contribution in [0.4, 0.5) is 4.79 Å². The molecule has 4 rings (SSSR count). The lowest BCUT2D eigenvalue weighted by Crippen LogP contribution is -2.59. The largest absolute Gasteiger partial charge is 0.497 e. The molecule has 11 heteroatoms. The standard InChI is InChI=1S/C29H40N2O8S/c1-20(2)18-30(40(35,36)23-11-9-22(37-3)10-12-23)19-27(32)26(17-21-7-5-4-6-8-21)31(29(33)34)25-14-16-39-28-24(25)13-15-38-28/h4-12,20,24-28,32H,13-19H2,1-3H3,(H,33,34)/t24-,25+,26-,27-,28+/m0/s1. The number of aliphatic hydroxyl groups is 1. The van der Waals surface area contributed by atoms with E-state index in [1.165, 1.54) is 28.4 Å². The predicted molar refractivity (Wildman–Crippen MR) is 149 cm³/mol. The molecule has 0 aromatic heterocycles. The molecule has 0 bridgehead atoms. The second-order valence-corrected chi connectivity index (χ2v) is 12.8. The Labute approximate surface area is 236 Å². The van der Waals surface area contributed by atoms with Crippen LogP contribution in [0, 0.1) is 11.8 Å². The fraction of sp³-hybridized carbons (Fsp3) is 0.552. The topological polar surface area (TPSA) is 126 Å². The van der Waals surface area contributed by atoms with Crippen molar-refractivity contribution in [3.05, 3.63) is 60.2 Å². The van der Waals surface area contributed by atoms with E-state index in [0.29, 0.717) is 31.8 Å². The van der Waals surface area contributed by atoms with E-state index in [-0.39, 0.29) is 36.2 Å². The molecule has 0 unspecified atom stereocenters. The molecule has 2 fully saturated rings. The minimum atomic E-state index is -4.00. The Hall–Kier alpha value is -2.70. The van der Waals surface area contributed by atoms with Gasteiger partial charge in [0.1, 0.15) is 5.75 Å². The van der Waals surface area contributed by atoms with Crippen LogP contribution in [-0.2, 0) is 25.9 Å². The fourth-order valence-electron chi connectivity index (χ4n) is 5.70. The maximum absolute atomic E-state index is 13.7. The van der Waals surface area contributed by atoms with Crippen molar-refractivity contribution in [1.29, 1.82) is 0 Å². The van der Waals surface area contributed by atoms with Crippen molar-refractivity contribution >= 4 is 16.1 Å². The zero-order valence-corrected chi connectivity index (χ0v) is 24.1. The van der Waals surface area contributed by atoms with Crippen molar-refractivity contribution in [3.8, 4) is 5.75 Å². The summed E-state index contributed by atoms with van der Waals surface area (Å²) in [5.74, 6) is 0.334. The maximum atomic E-state index is 13.7. The highest BCUT2D eigenvalue weighted by Gasteiger charge is 2.46. The number of sulfonamides is 1. The van der Waals surface area contributed by atoms with Crippen LogP contribution in [0.25, 0.3) is 0 Å². The Morgan fingerprint density at radius 1 is 1.02 bits per heavy atom. The Kier molecular flexibility index (Phi) is 10.1. The number of ether oxygens (including phenoxy) is 3. The molecular formula is C29H40N2O8S. The summed E-state index contributed by atoms with van der Waals surface area (Å²) in [4.78, 5) is 14.3. The van der Waals surface area contributed by atoms with E-state index in [9.17, 15) is 23.4 Å². The van der Waals surface area contributed by atoms with Gasteiger partial charge in [-0.2, -0.15) is 4.31 Å². The van der Waals surface area contributed by atoms with Crippen molar-refractivity contribution in [2.24, 2.45) is 11.8 Å². The van der Waals surface area contributed by atoms with Crippen molar-refractivity contribution in [2.45, 2.75) is 62.5 Å². The molecule has 2 aliphatic heterocycles. The van der Waals surface area contributed by atoms with E-state index >= 15 is 0 Å². The summed E-state index contributed by atoms with van der Waals surface area (Å²) in [7, 11) is -2.49. The van der Waals surface area contributed by atoms with Crippen molar-refractivity contribution in [2.75, 3.05) is 33.4 Å². The highest BCUT2D eigenvalue weighted by atomic mass is 32.2. The molecule has 0 radical (unpaired) electrons. The second-order valence-electron chi connectivity index (χ2n) is 10.8. The summed E-state index contributed by atoms with van der Waals surface area (Å²) in [5, 5.41) is 22.2. The van der Waals surface area contributed by atoms with Gasteiger partial charge in [0.2, 0.25) is 10.0 Å². The Bertz CT molecular complexity index is 1210. The van der Waals surface area contributed by atoms with Crippen LogP contribution < -0.4 is 4.74 Å². The molecule has 2 saturated heterocycles. The molecular weight excluding hydrogens is 536 g/mol. The summed E-state index contributed by atoms with van der Waals surface area (Å²) in [6.07, 6.45) is -1.60. The number of hydrogen-bond donors (Lipinski definition) is 2. The molecule has 2 aromatic rings. The van der Waals surface area contributed by atoms with Crippen LogP contribution >= 0.6 is 0 Å². The molecule has 2 aromatic carbocycles. The van der Waals surface area contributed by atoms with E-state index < -0.39 is 40.6 Å². The number of carboxylic acid groups (broad SMARTS) is 1. The lowest BCUT2D eigenvalue weighted by molar-refractivity contribution is -0.172. The number of benzene rings is 2. The first-order chi connectivity index (χ1) is 19.1. The monoisotopic (exact) mass is 576 g/mol. The molecule has 0 aliphatic carbocycles. The van der Waals surface area contributed by atoms with E-state index in [4.69, 9.17) is 14.2 Å². The third-order valence-corrected chi connectivity index (χ3v) is 9.44. The molecule has 5 atom stereocenters. The van der Waals surface area contributed by atoms with E-state index in [0.717, 1.165) is 5.56 Å². The highest BCUT2D eigenvalue weighted by molar-refractivity contribution is 7.89. The molecule has 1 amide bonds. The van der Waals surface area contributed by atoms with E-state index in [1.54, 1.807) is 12.1 Å². The summed E-state index contributed by atoms with van der Waals surface area (Å²) >= 11 is 0. The van der Waals surface area contributed by atoms with Gasteiger partial charge in [0.05, 0.1) is 37.4 Å². The fourth-order valence-corrected chi connectivity index (χ4v) is 7.32. The first kappa shape index (κ1) is 30.3. The molecule has 2 aliphatic rings. The maximum Gasteiger partial charge on any atom is 0.407 e. The number of methoxy groups -OCH3 is 1.